The molecule has 0 aliphatic rings. The van der Waals surface area contributed by atoms with Crippen LogP contribution in [-0.4, -0.2) is 25.5 Å². The Bertz CT molecular complexity index is 869. The summed E-state index contributed by atoms with van der Waals surface area (Å²) in [7, 11) is 0. The number of hydrogen-bond acceptors (Lipinski definition) is 4. The van der Waals surface area contributed by atoms with Crippen LogP contribution in [0.3, 0.4) is 0 Å². The maximum Gasteiger partial charge on any atom is 0.255 e. The van der Waals surface area contributed by atoms with Gasteiger partial charge in [0.25, 0.3) is 5.91 Å². The van der Waals surface area contributed by atoms with Crippen molar-refractivity contribution in [2.24, 2.45) is 0 Å². The number of nitrogens with zero attached hydrogens (tertiary/aromatic N) is 3. The van der Waals surface area contributed by atoms with Gasteiger partial charge in [-0.1, -0.05) is 17.7 Å². The number of amides is 1. The Kier molecular flexibility index (Phi) is 4.29. The van der Waals surface area contributed by atoms with Gasteiger partial charge in [-0.05, 0) is 37.6 Å². The Morgan fingerprint density at radius 1 is 1.21 bits per heavy atom. The van der Waals surface area contributed by atoms with Gasteiger partial charge in [0.15, 0.2) is 0 Å². The van der Waals surface area contributed by atoms with Crippen LogP contribution in [0.4, 0.5) is 0 Å². The second kappa shape index (κ2) is 6.54. The maximum atomic E-state index is 12.2. The average molecular weight is 322 g/mol. The number of hydrogen-bond donors (Lipinski definition) is 2. The van der Waals surface area contributed by atoms with Gasteiger partial charge in [-0.15, -0.1) is 0 Å². The Hall–Kier alpha value is -3.15. The van der Waals surface area contributed by atoms with E-state index >= 15 is 0 Å². The van der Waals surface area contributed by atoms with E-state index in [0.717, 1.165) is 22.8 Å². The number of imidazole rings is 1. The van der Waals surface area contributed by atoms with Crippen molar-refractivity contribution in [1.82, 2.24) is 19.9 Å². The predicted octanol–water partition coefficient (Wildman–Crippen LogP) is 2.52. The fourth-order valence-corrected chi connectivity index (χ4v) is 2.39. The van der Waals surface area contributed by atoms with Crippen LogP contribution >= 0.6 is 0 Å². The van der Waals surface area contributed by atoms with Crippen molar-refractivity contribution in [3.8, 4) is 11.6 Å². The Morgan fingerprint density at radius 2 is 2.04 bits per heavy atom. The lowest BCUT2D eigenvalue weighted by Crippen LogP contribution is -2.23. The first-order valence-corrected chi connectivity index (χ1v) is 7.57. The van der Waals surface area contributed by atoms with Gasteiger partial charge in [0.05, 0.1) is 5.56 Å². The van der Waals surface area contributed by atoms with Crippen molar-refractivity contribution in [2.45, 2.75) is 20.4 Å². The molecule has 0 aliphatic carbocycles. The van der Waals surface area contributed by atoms with Gasteiger partial charge in [0, 0.05) is 25.1 Å². The number of aryl methyl sites for hydroxylation is 2. The minimum atomic E-state index is -0.314. The highest BCUT2D eigenvalue weighted by Crippen LogP contribution is 2.18. The van der Waals surface area contributed by atoms with Gasteiger partial charge in [-0.2, -0.15) is 0 Å². The van der Waals surface area contributed by atoms with Crippen molar-refractivity contribution in [1.29, 1.82) is 0 Å². The molecule has 0 saturated carbocycles. The largest absolute Gasteiger partial charge is 0.507 e. The predicted molar refractivity (Wildman–Crippen MR) is 90.1 cm³/mol. The molecule has 0 aliphatic heterocycles. The smallest absolute Gasteiger partial charge is 0.255 e. The summed E-state index contributed by atoms with van der Waals surface area (Å²) in [4.78, 5) is 20.7. The molecule has 0 radical (unpaired) electrons. The summed E-state index contributed by atoms with van der Waals surface area (Å²) < 4.78 is 1.88. The Balaban J connectivity index is 1.68. The molecule has 122 valence electrons. The normalized spacial score (nSPS) is 10.6. The van der Waals surface area contributed by atoms with Crippen molar-refractivity contribution < 1.29 is 9.90 Å². The van der Waals surface area contributed by atoms with Gasteiger partial charge in [0.2, 0.25) is 0 Å². The van der Waals surface area contributed by atoms with E-state index in [9.17, 15) is 9.90 Å². The number of phenols is 1. The number of aromatic hydroxyl groups is 1. The summed E-state index contributed by atoms with van der Waals surface area (Å²) in [6.07, 6.45) is 5.28. The first-order valence-electron chi connectivity index (χ1n) is 7.57. The standard InChI is InChI=1S/C18H18N4O2/c1-12-3-5-16(23)15(9-12)18(24)21-11-14-4-6-17(20-10-14)22-8-7-19-13(22)2/h3-10,23H,11H2,1-2H3,(H,21,24). The summed E-state index contributed by atoms with van der Waals surface area (Å²) in [5, 5.41) is 12.6. The topological polar surface area (TPSA) is 80.0 Å². The number of aromatic nitrogens is 3. The lowest BCUT2D eigenvalue weighted by molar-refractivity contribution is 0.0948. The lowest BCUT2D eigenvalue weighted by atomic mass is 10.1. The Labute approximate surface area is 139 Å². The van der Waals surface area contributed by atoms with Crippen LogP contribution in [0.25, 0.3) is 5.82 Å². The van der Waals surface area contributed by atoms with E-state index in [1.807, 2.05) is 36.7 Å². The molecule has 1 amide bonds. The van der Waals surface area contributed by atoms with Gasteiger partial charge >= 0.3 is 0 Å². The number of carbonyl (C=O) groups is 1. The molecule has 24 heavy (non-hydrogen) atoms. The highest BCUT2D eigenvalue weighted by Gasteiger charge is 2.11. The fourth-order valence-electron chi connectivity index (χ4n) is 2.39. The van der Waals surface area contributed by atoms with E-state index < -0.39 is 0 Å². The third kappa shape index (κ3) is 3.27. The van der Waals surface area contributed by atoms with E-state index in [1.54, 1.807) is 24.5 Å². The van der Waals surface area contributed by atoms with Crippen LogP contribution in [0.15, 0.2) is 48.9 Å². The number of phenolic OH excluding ortho intramolecular Hbond substituents is 1. The molecule has 0 bridgehead atoms. The molecule has 0 spiro atoms. The monoisotopic (exact) mass is 322 g/mol. The van der Waals surface area contributed by atoms with Gasteiger partial charge in [0.1, 0.15) is 17.4 Å². The number of benzene rings is 1. The first kappa shape index (κ1) is 15.7. The van der Waals surface area contributed by atoms with Crippen molar-refractivity contribution in [3.05, 3.63) is 71.4 Å². The third-order valence-electron chi connectivity index (χ3n) is 3.73. The molecule has 0 unspecified atom stereocenters. The highest BCUT2D eigenvalue weighted by molar-refractivity contribution is 5.96. The van der Waals surface area contributed by atoms with Crippen molar-refractivity contribution in [3.63, 3.8) is 0 Å². The van der Waals surface area contributed by atoms with Crippen LogP contribution in [0.2, 0.25) is 0 Å². The quantitative estimate of drug-likeness (QED) is 0.773. The number of carbonyl (C=O) groups excluding carboxylic acids is 1. The maximum absolute atomic E-state index is 12.2. The number of pyridine rings is 1. The molecular weight excluding hydrogens is 304 g/mol. The Morgan fingerprint density at radius 3 is 2.71 bits per heavy atom. The second-order valence-corrected chi connectivity index (χ2v) is 5.57. The van der Waals surface area contributed by atoms with Crippen molar-refractivity contribution in [2.75, 3.05) is 0 Å². The average Bonchev–Trinajstić information content (AvgIpc) is 3.01. The van der Waals surface area contributed by atoms with E-state index in [2.05, 4.69) is 15.3 Å². The van der Waals surface area contributed by atoms with Crippen LogP contribution < -0.4 is 5.32 Å². The zero-order valence-electron chi connectivity index (χ0n) is 13.5. The first-order chi connectivity index (χ1) is 11.5. The molecule has 0 fully saturated rings. The van der Waals surface area contributed by atoms with E-state index in [4.69, 9.17) is 0 Å². The molecule has 2 aromatic heterocycles. The molecule has 2 N–H and O–H groups in total. The molecule has 3 aromatic rings. The SMILES string of the molecule is Cc1ccc(O)c(C(=O)NCc2ccc(-n3ccnc3C)nc2)c1. The van der Waals surface area contributed by atoms with Gasteiger partial charge in [-0.3, -0.25) is 9.36 Å². The minimum Gasteiger partial charge on any atom is -0.507 e. The van der Waals surface area contributed by atoms with Crippen molar-refractivity contribution >= 4 is 5.91 Å². The molecular formula is C18H18N4O2. The molecule has 0 atom stereocenters. The molecule has 6 nitrogen and oxygen atoms in total. The molecule has 1 aromatic carbocycles. The van der Waals surface area contributed by atoms with Crippen LogP contribution in [-0.2, 0) is 6.54 Å². The zero-order chi connectivity index (χ0) is 17.1. The highest BCUT2D eigenvalue weighted by atomic mass is 16.3. The summed E-state index contributed by atoms with van der Waals surface area (Å²) >= 11 is 0. The lowest BCUT2D eigenvalue weighted by Gasteiger charge is -2.09. The van der Waals surface area contributed by atoms with Crippen LogP contribution in [0.5, 0.6) is 5.75 Å². The van der Waals surface area contributed by atoms with E-state index in [0.29, 0.717) is 6.54 Å². The minimum absolute atomic E-state index is 0.0258. The molecule has 3 rings (SSSR count). The summed E-state index contributed by atoms with van der Waals surface area (Å²) in [5.41, 5.74) is 2.06. The van der Waals surface area contributed by atoms with Crippen LogP contribution in [0, 0.1) is 13.8 Å². The van der Waals surface area contributed by atoms with Gasteiger partial charge < -0.3 is 10.4 Å². The summed E-state index contributed by atoms with van der Waals surface area (Å²) in [5.74, 6) is 1.29. The third-order valence-corrected chi connectivity index (χ3v) is 3.73. The van der Waals surface area contributed by atoms with Crippen LogP contribution in [0.1, 0.15) is 27.3 Å². The molecule has 2 heterocycles. The summed E-state index contributed by atoms with van der Waals surface area (Å²) in [6, 6.07) is 8.72. The number of nitrogens with one attached hydrogen (secondary N) is 1. The van der Waals surface area contributed by atoms with E-state index in [1.165, 1.54) is 6.07 Å². The van der Waals surface area contributed by atoms with E-state index in [-0.39, 0.29) is 17.2 Å². The fraction of sp³-hybridized carbons (Fsp3) is 0.167. The molecule has 0 saturated heterocycles. The second-order valence-electron chi connectivity index (χ2n) is 5.57. The summed E-state index contributed by atoms with van der Waals surface area (Å²) in [6.45, 7) is 4.11. The van der Waals surface area contributed by atoms with Gasteiger partial charge in [-0.25, -0.2) is 9.97 Å². The number of rotatable bonds is 4. The molecule has 6 heteroatoms. The zero-order valence-corrected chi connectivity index (χ0v) is 13.5.